The van der Waals surface area contributed by atoms with E-state index in [2.05, 4.69) is 72.8 Å². The van der Waals surface area contributed by atoms with E-state index in [0.717, 1.165) is 22.9 Å². The molecule has 3 heteroatoms. The minimum Gasteiger partial charge on any atom is -0.497 e. The number of hydrogen-bond acceptors (Lipinski definition) is 3. The molecule has 0 unspecified atom stereocenters. The summed E-state index contributed by atoms with van der Waals surface area (Å²) in [5, 5.41) is 0. The maximum atomic E-state index is 6.29. The quantitative estimate of drug-likeness (QED) is 0.262. The van der Waals surface area contributed by atoms with Gasteiger partial charge in [-0.25, -0.2) is 0 Å². The average molecular weight is 456 g/mol. The molecule has 0 amide bonds. The number of para-hydroxylation sites is 3. The Morgan fingerprint density at radius 2 is 1.11 bits per heavy atom. The predicted molar refractivity (Wildman–Crippen MR) is 141 cm³/mol. The van der Waals surface area contributed by atoms with Crippen LogP contribution in [0.25, 0.3) is 11.1 Å². The van der Waals surface area contributed by atoms with Crippen molar-refractivity contribution in [2.75, 3.05) is 12.8 Å². The Kier molecular flexibility index (Phi) is 5.04. The van der Waals surface area contributed by atoms with Gasteiger partial charge in [0.2, 0.25) is 0 Å². The second-order valence-corrected chi connectivity index (χ2v) is 8.71. The molecule has 0 atom stereocenters. The van der Waals surface area contributed by atoms with Gasteiger partial charge in [-0.3, -0.25) is 0 Å². The van der Waals surface area contributed by atoms with E-state index in [9.17, 15) is 0 Å². The largest absolute Gasteiger partial charge is 0.497 e. The monoisotopic (exact) mass is 455 g/mol. The zero-order chi connectivity index (χ0) is 23.8. The topological polar surface area (TPSA) is 44.5 Å². The molecule has 1 aliphatic carbocycles. The Labute approximate surface area is 205 Å². The smallest absolute Gasteiger partial charge is 0.132 e. The summed E-state index contributed by atoms with van der Waals surface area (Å²) in [5.41, 5.74) is 14.0. The van der Waals surface area contributed by atoms with Crippen molar-refractivity contribution >= 4 is 5.69 Å². The lowest BCUT2D eigenvalue weighted by Gasteiger charge is -2.39. The van der Waals surface area contributed by atoms with Gasteiger partial charge in [0.1, 0.15) is 17.2 Å². The van der Waals surface area contributed by atoms with E-state index in [0.29, 0.717) is 0 Å². The van der Waals surface area contributed by atoms with Crippen molar-refractivity contribution in [3.63, 3.8) is 0 Å². The molecule has 3 nitrogen and oxygen atoms in total. The lowest BCUT2D eigenvalue weighted by molar-refractivity contribution is 0.415. The Hall–Kier alpha value is -4.50. The number of rotatable bonds is 1. The van der Waals surface area contributed by atoms with Gasteiger partial charge < -0.3 is 15.2 Å². The molecule has 5 aromatic rings. The van der Waals surface area contributed by atoms with Gasteiger partial charge in [-0.15, -0.1) is 0 Å². The van der Waals surface area contributed by atoms with E-state index in [1.54, 1.807) is 7.11 Å². The van der Waals surface area contributed by atoms with Crippen LogP contribution in [-0.4, -0.2) is 7.11 Å². The number of methoxy groups -OCH3 is 1. The van der Waals surface area contributed by atoms with Crippen molar-refractivity contribution in [1.82, 2.24) is 0 Å². The maximum Gasteiger partial charge on any atom is 0.132 e. The Balaban J connectivity index is 0.000000246. The summed E-state index contributed by atoms with van der Waals surface area (Å²) in [5.74, 6) is 2.72. The molecule has 0 radical (unpaired) electrons. The number of hydrogen-bond donors (Lipinski definition) is 1. The van der Waals surface area contributed by atoms with Crippen LogP contribution in [0, 0.1) is 0 Å². The third-order valence-corrected chi connectivity index (χ3v) is 6.85. The molecule has 0 saturated carbocycles. The molecule has 1 spiro atoms. The molecule has 2 N–H and O–H groups in total. The van der Waals surface area contributed by atoms with Crippen LogP contribution in [0.4, 0.5) is 5.69 Å². The fourth-order valence-electron chi connectivity index (χ4n) is 5.43. The summed E-state index contributed by atoms with van der Waals surface area (Å²) in [4.78, 5) is 0. The van der Waals surface area contributed by atoms with E-state index < -0.39 is 5.41 Å². The van der Waals surface area contributed by atoms with Crippen LogP contribution < -0.4 is 15.2 Å². The van der Waals surface area contributed by atoms with Crippen LogP contribution >= 0.6 is 0 Å². The highest BCUT2D eigenvalue weighted by Gasteiger charge is 2.50. The van der Waals surface area contributed by atoms with Crippen LogP contribution in [0.1, 0.15) is 22.3 Å². The lowest BCUT2D eigenvalue weighted by Crippen LogP contribution is -2.32. The maximum absolute atomic E-state index is 6.29. The van der Waals surface area contributed by atoms with E-state index >= 15 is 0 Å². The molecular formula is C32H25NO2. The van der Waals surface area contributed by atoms with Gasteiger partial charge in [-0.2, -0.15) is 0 Å². The van der Waals surface area contributed by atoms with Gasteiger partial charge >= 0.3 is 0 Å². The molecule has 0 saturated heterocycles. The van der Waals surface area contributed by atoms with Crippen molar-refractivity contribution in [3.05, 3.63) is 144 Å². The highest BCUT2D eigenvalue weighted by molar-refractivity contribution is 5.89. The lowest BCUT2D eigenvalue weighted by atomic mass is 9.66. The highest BCUT2D eigenvalue weighted by Crippen LogP contribution is 2.62. The zero-order valence-electron chi connectivity index (χ0n) is 19.4. The Morgan fingerprint density at radius 1 is 0.571 bits per heavy atom. The van der Waals surface area contributed by atoms with Crippen LogP contribution in [0.5, 0.6) is 17.2 Å². The van der Waals surface area contributed by atoms with Crippen molar-refractivity contribution < 1.29 is 9.47 Å². The third-order valence-electron chi connectivity index (χ3n) is 6.85. The number of benzene rings is 5. The van der Waals surface area contributed by atoms with Gasteiger partial charge in [-0.05, 0) is 58.7 Å². The third kappa shape index (κ3) is 3.20. The predicted octanol–water partition coefficient (Wildman–Crippen LogP) is 7.43. The second kappa shape index (κ2) is 8.37. The van der Waals surface area contributed by atoms with Crippen LogP contribution in [-0.2, 0) is 5.41 Å². The Bertz CT molecular complexity index is 1480. The molecule has 2 aliphatic rings. The first-order valence-electron chi connectivity index (χ1n) is 11.7. The second-order valence-electron chi connectivity index (χ2n) is 8.71. The summed E-state index contributed by atoms with van der Waals surface area (Å²) < 4.78 is 11.2. The molecular weight excluding hydrogens is 430 g/mol. The SMILES string of the molecule is COc1ccccc1.Nc1ccc2c(c1)C1(c3ccccc3Oc3ccccc31)c1ccccc1-2. The van der Waals surface area contributed by atoms with Gasteiger partial charge in [0.05, 0.1) is 12.5 Å². The van der Waals surface area contributed by atoms with Crippen molar-refractivity contribution in [3.8, 4) is 28.4 Å². The fourth-order valence-corrected chi connectivity index (χ4v) is 5.43. The molecule has 1 heterocycles. The summed E-state index contributed by atoms with van der Waals surface area (Å²) in [6.45, 7) is 0. The number of anilines is 1. The summed E-state index contributed by atoms with van der Waals surface area (Å²) >= 11 is 0. The van der Waals surface area contributed by atoms with Gasteiger partial charge in [0, 0.05) is 16.8 Å². The first-order chi connectivity index (χ1) is 17.2. The number of ether oxygens (including phenoxy) is 2. The highest BCUT2D eigenvalue weighted by atomic mass is 16.5. The average Bonchev–Trinajstić information content (AvgIpc) is 3.20. The van der Waals surface area contributed by atoms with E-state index in [1.165, 1.54) is 33.4 Å². The van der Waals surface area contributed by atoms with Gasteiger partial charge in [0.25, 0.3) is 0 Å². The number of nitrogen functional groups attached to an aromatic ring is 1. The minimum absolute atomic E-state index is 0.410. The standard InChI is InChI=1S/C25H17NO.C7H8O/c26-16-13-14-18-17-7-1-2-8-19(17)25(22(18)15-16)20-9-3-5-11-23(20)27-24-12-6-4-10-21(24)25;1-8-7-5-3-2-4-6-7/h1-15H,26H2;2-6H,1H3. The van der Waals surface area contributed by atoms with Crippen molar-refractivity contribution in [2.24, 2.45) is 0 Å². The first-order valence-corrected chi connectivity index (χ1v) is 11.7. The summed E-state index contributed by atoms with van der Waals surface area (Å²) in [6, 6.07) is 41.3. The molecule has 0 bridgehead atoms. The van der Waals surface area contributed by atoms with Crippen LogP contribution in [0.15, 0.2) is 121 Å². The summed E-state index contributed by atoms with van der Waals surface area (Å²) in [7, 11) is 1.66. The molecule has 7 rings (SSSR count). The normalized spacial score (nSPS) is 13.3. The van der Waals surface area contributed by atoms with Crippen LogP contribution in [0.2, 0.25) is 0 Å². The number of nitrogens with two attached hydrogens (primary N) is 1. The molecule has 0 aromatic heterocycles. The van der Waals surface area contributed by atoms with Crippen LogP contribution in [0.3, 0.4) is 0 Å². The first kappa shape index (κ1) is 21.1. The number of fused-ring (bicyclic) bond motifs is 9. The minimum atomic E-state index is -0.410. The fraction of sp³-hybridized carbons (Fsp3) is 0.0625. The molecule has 35 heavy (non-hydrogen) atoms. The molecule has 0 fully saturated rings. The van der Waals surface area contributed by atoms with Gasteiger partial charge in [0.15, 0.2) is 0 Å². The molecule has 170 valence electrons. The van der Waals surface area contributed by atoms with E-state index in [4.69, 9.17) is 15.2 Å². The van der Waals surface area contributed by atoms with E-state index in [-0.39, 0.29) is 0 Å². The zero-order valence-corrected chi connectivity index (χ0v) is 19.4. The van der Waals surface area contributed by atoms with Gasteiger partial charge in [-0.1, -0.05) is 84.9 Å². The van der Waals surface area contributed by atoms with Crippen molar-refractivity contribution in [2.45, 2.75) is 5.41 Å². The van der Waals surface area contributed by atoms with Crippen molar-refractivity contribution in [1.29, 1.82) is 0 Å². The molecule has 5 aromatic carbocycles. The van der Waals surface area contributed by atoms with E-state index in [1.807, 2.05) is 48.5 Å². The summed E-state index contributed by atoms with van der Waals surface area (Å²) in [6.07, 6.45) is 0. The Morgan fingerprint density at radius 3 is 1.74 bits per heavy atom. The molecule has 1 aliphatic heterocycles.